The molecule has 3 rings (SSSR count). The molecule has 0 fully saturated rings. The number of hydrogen-bond donors (Lipinski definition) is 2. The summed E-state index contributed by atoms with van der Waals surface area (Å²) in [6.07, 6.45) is -3.91. The highest BCUT2D eigenvalue weighted by atomic mass is 35.5. The van der Waals surface area contributed by atoms with Gasteiger partial charge in [-0.05, 0) is 34.5 Å². The van der Waals surface area contributed by atoms with Crippen LogP contribution in [-0.4, -0.2) is 21.6 Å². The number of anilines is 1. The minimum Gasteiger partial charge on any atom is -0.387 e. The van der Waals surface area contributed by atoms with Crippen LogP contribution < -0.4 is 5.32 Å². The van der Waals surface area contributed by atoms with Gasteiger partial charge in [-0.3, -0.25) is 0 Å². The van der Waals surface area contributed by atoms with Gasteiger partial charge in [0.1, 0.15) is 12.1 Å². The van der Waals surface area contributed by atoms with E-state index in [0.717, 1.165) is 11.6 Å². The highest BCUT2D eigenvalue weighted by molar-refractivity contribution is 7.07. The van der Waals surface area contributed by atoms with Crippen LogP contribution in [0.5, 0.6) is 0 Å². The average molecular weight is 400 g/mol. The van der Waals surface area contributed by atoms with Gasteiger partial charge in [-0.15, -0.1) is 0 Å². The first-order valence-corrected chi connectivity index (χ1v) is 8.80. The van der Waals surface area contributed by atoms with Crippen molar-refractivity contribution in [2.45, 2.75) is 12.3 Å². The molecule has 0 bridgehead atoms. The Labute approximate surface area is 156 Å². The van der Waals surface area contributed by atoms with E-state index in [-0.39, 0.29) is 6.54 Å². The number of rotatable bonds is 5. The smallest absolute Gasteiger partial charge is 0.387 e. The van der Waals surface area contributed by atoms with Gasteiger partial charge in [-0.2, -0.15) is 24.5 Å². The third kappa shape index (κ3) is 4.32. The maximum atomic E-state index is 12.8. The number of hydrogen-bond acceptors (Lipinski definition) is 5. The van der Waals surface area contributed by atoms with Crippen molar-refractivity contribution in [1.82, 2.24) is 9.97 Å². The fraction of sp³-hybridized carbons (Fsp3) is 0.176. The molecule has 0 aliphatic carbocycles. The molecule has 0 spiro atoms. The Morgan fingerprint density at radius 1 is 1.19 bits per heavy atom. The molecule has 1 unspecified atom stereocenters. The molecule has 2 N–H and O–H groups in total. The lowest BCUT2D eigenvalue weighted by Crippen LogP contribution is -2.12. The first-order chi connectivity index (χ1) is 12.3. The van der Waals surface area contributed by atoms with E-state index in [0.29, 0.717) is 17.1 Å². The molecule has 9 heteroatoms. The predicted molar refractivity (Wildman–Crippen MR) is 95.2 cm³/mol. The average Bonchev–Trinajstić information content (AvgIpc) is 3.13. The third-order valence-corrected chi connectivity index (χ3v) is 4.66. The zero-order chi connectivity index (χ0) is 18.7. The Hall–Kier alpha value is -2.16. The highest BCUT2D eigenvalue weighted by Gasteiger charge is 2.33. The molecule has 0 aliphatic rings. The molecule has 2 aromatic heterocycles. The van der Waals surface area contributed by atoms with Crippen LogP contribution in [-0.2, 0) is 6.18 Å². The Balaban J connectivity index is 1.76. The standard InChI is InChI=1S/C17H13ClF3N3OS/c18-13-5-10(1-2-12(13)17(19,20)21)14-6-16(24-9-23-14)22-7-15(25)11-3-4-26-8-11/h1-6,8-9,15,25H,7H2,(H,22,23,24). The maximum absolute atomic E-state index is 12.8. The SMILES string of the molecule is OC(CNc1cc(-c2ccc(C(F)(F)F)c(Cl)c2)ncn1)c1ccsc1. The summed E-state index contributed by atoms with van der Waals surface area (Å²) in [5.74, 6) is 0.445. The first kappa shape index (κ1) is 18.6. The van der Waals surface area contributed by atoms with Crippen LogP contribution in [0.4, 0.5) is 19.0 Å². The van der Waals surface area contributed by atoms with E-state index in [1.165, 1.54) is 29.8 Å². The molecule has 2 heterocycles. The number of aliphatic hydroxyl groups is 1. The van der Waals surface area contributed by atoms with Gasteiger partial charge in [0, 0.05) is 18.2 Å². The molecule has 4 nitrogen and oxygen atoms in total. The number of aliphatic hydroxyl groups excluding tert-OH is 1. The first-order valence-electron chi connectivity index (χ1n) is 7.48. The van der Waals surface area contributed by atoms with Crippen molar-refractivity contribution in [3.63, 3.8) is 0 Å². The van der Waals surface area contributed by atoms with Gasteiger partial charge >= 0.3 is 6.18 Å². The number of benzene rings is 1. The zero-order valence-corrected chi connectivity index (χ0v) is 14.7. The number of halogens is 4. The van der Waals surface area contributed by atoms with Crippen molar-refractivity contribution < 1.29 is 18.3 Å². The molecule has 0 radical (unpaired) electrons. The normalized spacial score (nSPS) is 12.8. The van der Waals surface area contributed by atoms with Crippen LogP contribution in [0.1, 0.15) is 17.2 Å². The van der Waals surface area contributed by atoms with Crippen LogP contribution >= 0.6 is 22.9 Å². The van der Waals surface area contributed by atoms with Crippen molar-refractivity contribution >= 4 is 28.8 Å². The zero-order valence-electron chi connectivity index (χ0n) is 13.2. The number of thiophene rings is 1. The number of aromatic nitrogens is 2. The van der Waals surface area contributed by atoms with Gasteiger partial charge in [0.15, 0.2) is 0 Å². The molecular formula is C17H13ClF3N3OS. The Morgan fingerprint density at radius 2 is 2.00 bits per heavy atom. The largest absolute Gasteiger partial charge is 0.417 e. The van der Waals surface area contributed by atoms with E-state index in [9.17, 15) is 18.3 Å². The summed E-state index contributed by atoms with van der Waals surface area (Å²) >= 11 is 7.24. The summed E-state index contributed by atoms with van der Waals surface area (Å²) in [5.41, 5.74) is 0.760. The summed E-state index contributed by atoms with van der Waals surface area (Å²) in [7, 11) is 0. The summed E-state index contributed by atoms with van der Waals surface area (Å²) in [6.45, 7) is 0.237. The lowest BCUT2D eigenvalue weighted by atomic mass is 10.1. The van der Waals surface area contributed by atoms with Gasteiger partial charge in [0.25, 0.3) is 0 Å². The molecule has 0 saturated carbocycles. The molecule has 0 aliphatic heterocycles. The topological polar surface area (TPSA) is 58.0 Å². The quantitative estimate of drug-likeness (QED) is 0.632. The van der Waals surface area contributed by atoms with Crippen molar-refractivity contribution in [2.24, 2.45) is 0 Å². The van der Waals surface area contributed by atoms with E-state index < -0.39 is 22.9 Å². The van der Waals surface area contributed by atoms with Gasteiger partial charge in [0.2, 0.25) is 0 Å². The van der Waals surface area contributed by atoms with E-state index in [1.807, 2.05) is 16.8 Å². The van der Waals surface area contributed by atoms with Crippen LogP contribution in [0.25, 0.3) is 11.3 Å². The maximum Gasteiger partial charge on any atom is 0.417 e. The summed E-state index contributed by atoms with van der Waals surface area (Å²) in [5, 5.41) is 16.4. The third-order valence-electron chi connectivity index (χ3n) is 3.64. The van der Waals surface area contributed by atoms with Crippen LogP contribution in [0, 0.1) is 0 Å². The minimum absolute atomic E-state index is 0.237. The van der Waals surface area contributed by atoms with E-state index in [4.69, 9.17) is 11.6 Å². The number of nitrogens with one attached hydrogen (secondary N) is 1. The van der Waals surface area contributed by atoms with Gasteiger partial charge < -0.3 is 10.4 Å². The van der Waals surface area contributed by atoms with Gasteiger partial charge in [-0.1, -0.05) is 17.7 Å². The number of nitrogens with zero attached hydrogens (tertiary/aromatic N) is 2. The van der Waals surface area contributed by atoms with Gasteiger partial charge in [0.05, 0.1) is 22.4 Å². The van der Waals surface area contributed by atoms with E-state index >= 15 is 0 Å². The van der Waals surface area contributed by atoms with Crippen molar-refractivity contribution in [3.8, 4) is 11.3 Å². The van der Waals surface area contributed by atoms with Crippen molar-refractivity contribution in [3.05, 3.63) is 63.6 Å². The van der Waals surface area contributed by atoms with E-state index in [2.05, 4.69) is 15.3 Å². The lowest BCUT2D eigenvalue weighted by Gasteiger charge is -2.12. The van der Waals surface area contributed by atoms with Crippen LogP contribution in [0.2, 0.25) is 5.02 Å². The Bertz CT molecular complexity index is 887. The summed E-state index contributed by atoms with van der Waals surface area (Å²) in [6, 6.07) is 6.86. The predicted octanol–water partition coefficient (Wildman–Crippen LogP) is 5.02. The minimum atomic E-state index is -4.51. The Kier molecular flexibility index (Phi) is 5.45. The number of alkyl halides is 3. The summed E-state index contributed by atoms with van der Waals surface area (Å²) in [4.78, 5) is 8.12. The molecule has 0 amide bonds. The molecular weight excluding hydrogens is 387 g/mol. The second-order valence-electron chi connectivity index (χ2n) is 5.43. The second-order valence-corrected chi connectivity index (χ2v) is 6.62. The second kappa shape index (κ2) is 7.61. The molecule has 3 aromatic rings. The molecule has 26 heavy (non-hydrogen) atoms. The van der Waals surface area contributed by atoms with Gasteiger partial charge in [-0.25, -0.2) is 9.97 Å². The Morgan fingerprint density at radius 3 is 2.65 bits per heavy atom. The molecule has 1 atom stereocenters. The highest BCUT2D eigenvalue weighted by Crippen LogP contribution is 2.36. The van der Waals surface area contributed by atoms with Crippen LogP contribution in [0.15, 0.2) is 47.4 Å². The van der Waals surface area contributed by atoms with Crippen molar-refractivity contribution in [1.29, 1.82) is 0 Å². The molecule has 1 aromatic carbocycles. The monoisotopic (exact) mass is 399 g/mol. The summed E-state index contributed by atoms with van der Waals surface area (Å²) < 4.78 is 38.4. The lowest BCUT2D eigenvalue weighted by molar-refractivity contribution is -0.137. The molecule has 136 valence electrons. The fourth-order valence-electron chi connectivity index (χ4n) is 2.30. The molecule has 0 saturated heterocycles. The fourth-order valence-corrected chi connectivity index (χ4v) is 3.29. The van der Waals surface area contributed by atoms with Crippen molar-refractivity contribution in [2.75, 3.05) is 11.9 Å². The van der Waals surface area contributed by atoms with Crippen LogP contribution in [0.3, 0.4) is 0 Å². The van der Waals surface area contributed by atoms with E-state index in [1.54, 1.807) is 6.07 Å².